The van der Waals surface area contributed by atoms with E-state index in [-0.39, 0.29) is 0 Å². The van der Waals surface area contributed by atoms with Crippen LogP contribution in [0.25, 0.3) is 0 Å². The van der Waals surface area contributed by atoms with E-state index in [1.54, 1.807) is 11.8 Å². The molecule has 0 fully saturated rings. The Kier molecular flexibility index (Phi) is 4.53. The lowest BCUT2D eigenvalue weighted by Gasteiger charge is -2.01. The van der Waals surface area contributed by atoms with Gasteiger partial charge >= 0.3 is 0 Å². The molecule has 0 heterocycles. The molecule has 0 aliphatic carbocycles. The highest BCUT2D eigenvalue weighted by molar-refractivity contribution is 7.99. The van der Waals surface area contributed by atoms with Crippen molar-refractivity contribution in [3.05, 3.63) is 54.1 Å². The molecule has 0 bridgehead atoms. The maximum Gasteiger partial charge on any atom is 0.0992 e. The van der Waals surface area contributed by atoms with Crippen LogP contribution in [0.15, 0.2) is 63.7 Å². The van der Waals surface area contributed by atoms with Gasteiger partial charge in [-0.2, -0.15) is 5.11 Å². The predicted molar refractivity (Wildman–Crippen MR) is 78.2 cm³/mol. The first-order valence-electron chi connectivity index (χ1n) is 6.00. The number of hydrogen-bond acceptors (Lipinski definition) is 3. The Morgan fingerprint density at radius 2 is 1.67 bits per heavy atom. The summed E-state index contributed by atoms with van der Waals surface area (Å²) in [7, 11) is 0. The fourth-order valence-corrected chi connectivity index (χ4v) is 2.28. The molecule has 0 spiro atoms. The van der Waals surface area contributed by atoms with E-state index in [0.29, 0.717) is 0 Å². The van der Waals surface area contributed by atoms with Gasteiger partial charge in [-0.3, -0.25) is 0 Å². The van der Waals surface area contributed by atoms with Crippen LogP contribution in [0.1, 0.15) is 12.5 Å². The summed E-state index contributed by atoms with van der Waals surface area (Å²) in [5.41, 5.74) is 3.05. The van der Waals surface area contributed by atoms with Crippen molar-refractivity contribution < 1.29 is 0 Å². The van der Waals surface area contributed by atoms with Crippen molar-refractivity contribution in [3.8, 4) is 0 Å². The van der Waals surface area contributed by atoms with Gasteiger partial charge in [0, 0.05) is 4.90 Å². The van der Waals surface area contributed by atoms with E-state index in [9.17, 15) is 0 Å². The molecule has 0 aliphatic heterocycles. The molecular weight excluding hydrogens is 240 g/mol. The zero-order valence-corrected chi connectivity index (χ0v) is 11.4. The lowest BCUT2D eigenvalue weighted by atomic mass is 10.2. The van der Waals surface area contributed by atoms with E-state index in [1.807, 2.05) is 42.5 Å². The number of hydrogen-bond donors (Lipinski definition) is 0. The maximum absolute atomic E-state index is 4.33. The lowest BCUT2D eigenvalue weighted by Crippen LogP contribution is -1.74. The molecule has 0 atom stereocenters. The molecule has 0 N–H and O–H groups in total. The Hall–Kier alpha value is -1.61. The summed E-state index contributed by atoms with van der Waals surface area (Å²) in [6, 6.07) is 16.1. The van der Waals surface area contributed by atoms with Gasteiger partial charge in [-0.05, 0) is 36.9 Å². The zero-order valence-electron chi connectivity index (χ0n) is 10.6. The molecule has 92 valence electrons. The molecule has 0 aliphatic rings. The minimum atomic E-state index is 0.886. The molecule has 2 rings (SSSR count). The first kappa shape index (κ1) is 12.8. The largest absolute Gasteiger partial charge is 0.151 e. The first-order valence-corrected chi connectivity index (χ1v) is 6.98. The van der Waals surface area contributed by atoms with Crippen LogP contribution in [0.5, 0.6) is 0 Å². The smallest absolute Gasteiger partial charge is 0.0992 e. The van der Waals surface area contributed by atoms with Crippen molar-refractivity contribution in [2.24, 2.45) is 10.2 Å². The molecule has 0 saturated carbocycles. The highest BCUT2D eigenvalue weighted by Gasteiger charge is 1.99. The third kappa shape index (κ3) is 3.44. The predicted octanol–water partition coefficient (Wildman–Crippen LogP) is 5.52. The molecule has 18 heavy (non-hydrogen) atoms. The normalized spacial score (nSPS) is 11.0. The minimum absolute atomic E-state index is 0.886. The summed E-state index contributed by atoms with van der Waals surface area (Å²) in [4.78, 5) is 1.18. The Bertz CT molecular complexity index is 532. The molecule has 2 aromatic carbocycles. The minimum Gasteiger partial charge on any atom is -0.151 e. The van der Waals surface area contributed by atoms with Crippen molar-refractivity contribution >= 4 is 23.1 Å². The van der Waals surface area contributed by atoms with E-state index in [2.05, 4.69) is 30.1 Å². The number of azo groups is 1. The Labute approximate surface area is 112 Å². The van der Waals surface area contributed by atoms with E-state index in [1.165, 1.54) is 10.5 Å². The van der Waals surface area contributed by atoms with Crippen LogP contribution in [0, 0.1) is 6.92 Å². The van der Waals surface area contributed by atoms with Gasteiger partial charge in [0.15, 0.2) is 0 Å². The first-order chi connectivity index (χ1) is 8.79. The van der Waals surface area contributed by atoms with Crippen LogP contribution in [0.4, 0.5) is 11.4 Å². The summed E-state index contributed by atoms with van der Waals surface area (Å²) in [5, 5.41) is 8.60. The van der Waals surface area contributed by atoms with E-state index >= 15 is 0 Å². The summed E-state index contributed by atoms with van der Waals surface area (Å²) < 4.78 is 0. The van der Waals surface area contributed by atoms with Crippen LogP contribution < -0.4 is 0 Å². The highest BCUT2D eigenvalue weighted by atomic mass is 32.2. The quantitative estimate of drug-likeness (QED) is 0.522. The fraction of sp³-hybridized carbons (Fsp3) is 0.200. The highest BCUT2D eigenvalue weighted by Crippen LogP contribution is 2.30. The van der Waals surface area contributed by atoms with Crippen molar-refractivity contribution in [3.63, 3.8) is 0 Å². The van der Waals surface area contributed by atoms with Gasteiger partial charge in [0.2, 0.25) is 0 Å². The van der Waals surface area contributed by atoms with Gasteiger partial charge in [0.25, 0.3) is 0 Å². The van der Waals surface area contributed by atoms with Crippen LogP contribution in [-0.4, -0.2) is 5.75 Å². The van der Waals surface area contributed by atoms with E-state index in [4.69, 9.17) is 0 Å². The molecule has 2 nitrogen and oxygen atoms in total. The SMILES string of the molecule is CCSc1ccccc1N=Nc1ccc(C)cc1. The second-order valence-electron chi connectivity index (χ2n) is 3.94. The average Bonchev–Trinajstić information content (AvgIpc) is 2.40. The van der Waals surface area contributed by atoms with Crippen molar-refractivity contribution in [1.82, 2.24) is 0 Å². The van der Waals surface area contributed by atoms with Gasteiger partial charge in [0.05, 0.1) is 11.4 Å². The maximum atomic E-state index is 4.33. The number of aryl methyl sites for hydroxylation is 1. The zero-order chi connectivity index (χ0) is 12.8. The van der Waals surface area contributed by atoms with Gasteiger partial charge in [-0.1, -0.05) is 36.8 Å². The van der Waals surface area contributed by atoms with Crippen molar-refractivity contribution in [1.29, 1.82) is 0 Å². The topological polar surface area (TPSA) is 24.7 Å². The van der Waals surface area contributed by atoms with E-state index in [0.717, 1.165) is 17.1 Å². The molecule has 0 radical (unpaired) electrons. The number of benzene rings is 2. The van der Waals surface area contributed by atoms with E-state index < -0.39 is 0 Å². The Morgan fingerprint density at radius 3 is 2.39 bits per heavy atom. The van der Waals surface area contributed by atoms with Crippen LogP contribution >= 0.6 is 11.8 Å². The molecule has 0 amide bonds. The number of nitrogens with zero attached hydrogens (tertiary/aromatic N) is 2. The Morgan fingerprint density at radius 1 is 0.944 bits per heavy atom. The monoisotopic (exact) mass is 256 g/mol. The summed E-state index contributed by atoms with van der Waals surface area (Å²) in [5.74, 6) is 1.04. The number of thioether (sulfide) groups is 1. The second-order valence-corrected chi connectivity index (χ2v) is 5.24. The molecule has 0 aromatic heterocycles. The molecule has 3 heteroatoms. The summed E-state index contributed by atoms with van der Waals surface area (Å²) in [6.07, 6.45) is 0. The second kappa shape index (κ2) is 6.36. The molecule has 2 aromatic rings. The average molecular weight is 256 g/mol. The summed E-state index contributed by atoms with van der Waals surface area (Å²) in [6.45, 7) is 4.20. The van der Waals surface area contributed by atoms with Crippen LogP contribution in [0.2, 0.25) is 0 Å². The molecule has 0 saturated heterocycles. The van der Waals surface area contributed by atoms with Crippen LogP contribution in [-0.2, 0) is 0 Å². The Balaban J connectivity index is 2.20. The van der Waals surface area contributed by atoms with Crippen LogP contribution in [0.3, 0.4) is 0 Å². The third-order valence-corrected chi connectivity index (χ3v) is 3.42. The van der Waals surface area contributed by atoms with Gasteiger partial charge in [-0.15, -0.1) is 16.9 Å². The van der Waals surface area contributed by atoms with Crippen molar-refractivity contribution in [2.75, 3.05) is 5.75 Å². The van der Waals surface area contributed by atoms with Gasteiger partial charge in [0.1, 0.15) is 0 Å². The van der Waals surface area contributed by atoms with Crippen molar-refractivity contribution in [2.45, 2.75) is 18.7 Å². The van der Waals surface area contributed by atoms with Gasteiger partial charge in [-0.25, -0.2) is 0 Å². The molecular formula is C15H16N2S. The molecule has 0 unspecified atom stereocenters. The van der Waals surface area contributed by atoms with Gasteiger partial charge < -0.3 is 0 Å². The fourth-order valence-electron chi connectivity index (χ4n) is 1.54. The standard InChI is InChI=1S/C15H16N2S/c1-3-18-15-7-5-4-6-14(15)17-16-13-10-8-12(2)9-11-13/h4-11H,3H2,1-2H3. The third-order valence-electron chi connectivity index (χ3n) is 2.47. The summed E-state index contributed by atoms with van der Waals surface area (Å²) >= 11 is 1.79. The number of rotatable bonds is 4. The lowest BCUT2D eigenvalue weighted by molar-refractivity contribution is 1.19.